The maximum absolute atomic E-state index is 8.84. The number of anilines is 1. The first-order valence-electron chi connectivity index (χ1n) is 6.84. The highest BCUT2D eigenvalue weighted by molar-refractivity contribution is 5.30. The van der Waals surface area contributed by atoms with Crippen molar-refractivity contribution in [1.82, 2.24) is 19.5 Å². The average Bonchev–Trinajstić information content (AvgIpc) is 3.13. The van der Waals surface area contributed by atoms with E-state index in [1.165, 1.54) is 0 Å². The molecule has 0 unspecified atom stereocenters. The van der Waals surface area contributed by atoms with E-state index in [0.717, 1.165) is 18.9 Å². The van der Waals surface area contributed by atoms with Crippen molar-refractivity contribution in [3.8, 4) is 6.07 Å². The minimum Gasteiger partial charge on any atom is -0.370 e. The normalized spacial score (nSPS) is 21.1. The van der Waals surface area contributed by atoms with Gasteiger partial charge in [0.15, 0.2) is 0 Å². The first-order chi connectivity index (χ1) is 10.3. The lowest BCUT2D eigenvalue weighted by molar-refractivity contribution is 0.0839. The van der Waals surface area contributed by atoms with Gasteiger partial charge >= 0.3 is 0 Å². The first kappa shape index (κ1) is 13.5. The van der Waals surface area contributed by atoms with Crippen LogP contribution in [0.2, 0.25) is 0 Å². The van der Waals surface area contributed by atoms with Crippen LogP contribution in [0.1, 0.15) is 24.0 Å². The number of hydrogen-bond acceptors (Lipinski definition) is 6. The molecule has 1 aliphatic rings. The van der Waals surface area contributed by atoms with Crippen molar-refractivity contribution in [2.24, 2.45) is 13.0 Å². The zero-order chi connectivity index (χ0) is 14.7. The monoisotopic (exact) mass is 284 g/mol. The molecule has 2 atom stereocenters. The molecule has 0 amide bonds. The third-order valence-electron chi connectivity index (χ3n) is 3.62. The summed E-state index contributed by atoms with van der Waals surface area (Å²) in [4.78, 5) is 12.6. The third-order valence-corrected chi connectivity index (χ3v) is 3.62. The Morgan fingerprint density at radius 2 is 2.38 bits per heavy atom. The molecule has 7 nitrogen and oxygen atoms in total. The van der Waals surface area contributed by atoms with Gasteiger partial charge in [-0.3, -0.25) is 0 Å². The number of nitrogens with one attached hydrogen (secondary N) is 1. The molecule has 3 rings (SSSR count). The van der Waals surface area contributed by atoms with Gasteiger partial charge in [0.2, 0.25) is 5.95 Å². The summed E-state index contributed by atoms with van der Waals surface area (Å²) in [6.45, 7) is 1.41. The summed E-state index contributed by atoms with van der Waals surface area (Å²) in [7, 11) is 1.97. The highest BCUT2D eigenvalue weighted by Crippen LogP contribution is 2.33. The van der Waals surface area contributed by atoms with Crippen LogP contribution in [0.3, 0.4) is 0 Å². The second-order valence-corrected chi connectivity index (χ2v) is 4.99. The number of aryl methyl sites for hydroxylation is 1. The summed E-state index contributed by atoms with van der Waals surface area (Å²) in [6, 6.07) is 3.59. The molecule has 7 heteroatoms. The molecule has 0 aliphatic carbocycles. The van der Waals surface area contributed by atoms with Gasteiger partial charge in [0.1, 0.15) is 23.7 Å². The van der Waals surface area contributed by atoms with Gasteiger partial charge in [0.25, 0.3) is 0 Å². The standard InChI is InChI=1S/C14H16N6O/c1-20-6-5-16-13(20)12-10(3-7-21-12)9-18-14-17-4-2-11(8-15)19-14/h2,4-6,10,12H,3,7,9H2,1H3,(H,17,18,19)/t10-,12+/m0/s1. The molecule has 21 heavy (non-hydrogen) atoms. The predicted octanol–water partition coefficient (Wildman–Crippen LogP) is 1.27. The van der Waals surface area contributed by atoms with E-state index < -0.39 is 0 Å². The summed E-state index contributed by atoms with van der Waals surface area (Å²) in [5.41, 5.74) is 0.357. The van der Waals surface area contributed by atoms with Crippen molar-refractivity contribution < 1.29 is 4.74 Å². The van der Waals surface area contributed by atoms with E-state index in [0.29, 0.717) is 24.1 Å². The number of hydrogen-bond donors (Lipinski definition) is 1. The van der Waals surface area contributed by atoms with Gasteiger partial charge in [0.05, 0.1) is 0 Å². The van der Waals surface area contributed by atoms with Crippen molar-refractivity contribution in [3.05, 3.63) is 36.2 Å². The van der Waals surface area contributed by atoms with Crippen molar-refractivity contribution in [2.45, 2.75) is 12.5 Å². The second kappa shape index (κ2) is 5.89. The Balaban J connectivity index is 1.67. The lowest BCUT2D eigenvalue weighted by atomic mass is 10.0. The molecule has 2 aromatic heterocycles. The Morgan fingerprint density at radius 3 is 3.14 bits per heavy atom. The van der Waals surface area contributed by atoms with E-state index in [1.807, 2.05) is 23.9 Å². The molecule has 0 bridgehead atoms. The molecule has 108 valence electrons. The number of nitriles is 1. The Bertz CT molecular complexity index is 661. The van der Waals surface area contributed by atoms with Crippen LogP contribution in [0.25, 0.3) is 0 Å². The molecule has 2 aromatic rings. The number of ether oxygens (including phenoxy) is 1. The molecule has 0 spiro atoms. The topological polar surface area (TPSA) is 88.6 Å². The van der Waals surface area contributed by atoms with E-state index in [4.69, 9.17) is 10.00 Å². The zero-order valence-corrected chi connectivity index (χ0v) is 11.7. The largest absolute Gasteiger partial charge is 0.370 e. The van der Waals surface area contributed by atoms with E-state index in [9.17, 15) is 0 Å². The Hall–Kier alpha value is -2.46. The maximum atomic E-state index is 8.84. The molecule has 0 aromatic carbocycles. The van der Waals surface area contributed by atoms with Gasteiger partial charge in [-0.15, -0.1) is 0 Å². The summed E-state index contributed by atoms with van der Waals surface area (Å²) in [5, 5.41) is 12.0. The van der Waals surface area contributed by atoms with Crippen molar-refractivity contribution in [2.75, 3.05) is 18.5 Å². The second-order valence-electron chi connectivity index (χ2n) is 4.99. The Morgan fingerprint density at radius 1 is 1.48 bits per heavy atom. The van der Waals surface area contributed by atoms with Gasteiger partial charge in [-0.25, -0.2) is 15.0 Å². The summed E-state index contributed by atoms with van der Waals surface area (Å²) in [6.07, 6.45) is 6.22. The van der Waals surface area contributed by atoms with Crippen molar-refractivity contribution in [1.29, 1.82) is 5.26 Å². The molecule has 0 saturated carbocycles. The van der Waals surface area contributed by atoms with Crippen LogP contribution < -0.4 is 5.32 Å². The molecule has 1 fully saturated rings. The Labute approximate surface area is 122 Å². The lowest BCUT2D eigenvalue weighted by Crippen LogP contribution is -2.21. The average molecular weight is 284 g/mol. The number of aromatic nitrogens is 4. The highest BCUT2D eigenvalue weighted by Gasteiger charge is 2.32. The fourth-order valence-corrected chi connectivity index (χ4v) is 2.51. The lowest BCUT2D eigenvalue weighted by Gasteiger charge is -2.18. The molecule has 1 saturated heterocycles. The Kier molecular flexibility index (Phi) is 3.79. The van der Waals surface area contributed by atoms with Crippen LogP contribution in [0, 0.1) is 17.2 Å². The van der Waals surface area contributed by atoms with E-state index >= 15 is 0 Å². The minimum absolute atomic E-state index is 0.0170. The number of rotatable bonds is 4. The molecule has 1 aliphatic heterocycles. The summed E-state index contributed by atoms with van der Waals surface area (Å²) in [5.74, 6) is 1.71. The van der Waals surface area contributed by atoms with E-state index in [2.05, 4.69) is 20.3 Å². The molecular formula is C14H16N6O. The fourth-order valence-electron chi connectivity index (χ4n) is 2.51. The first-order valence-corrected chi connectivity index (χ1v) is 6.84. The minimum atomic E-state index is -0.0170. The van der Waals surface area contributed by atoms with Crippen molar-refractivity contribution in [3.63, 3.8) is 0 Å². The number of nitrogens with zero attached hydrogens (tertiary/aromatic N) is 5. The van der Waals surface area contributed by atoms with Crippen LogP contribution in [-0.2, 0) is 11.8 Å². The molecule has 0 radical (unpaired) electrons. The van der Waals surface area contributed by atoms with Gasteiger partial charge in [-0.1, -0.05) is 0 Å². The van der Waals surface area contributed by atoms with Crippen LogP contribution in [0.4, 0.5) is 5.95 Å². The summed E-state index contributed by atoms with van der Waals surface area (Å²) >= 11 is 0. The summed E-state index contributed by atoms with van der Waals surface area (Å²) < 4.78 is 7.79. The van der Waals surface area contributed by atoms with E-state index in [-0.39, 0.29) is 6.10 Å². The predicted molar refractivity (Wildman–Crippen MR) is 75.2 cm³/mol. The fraction of sp³-hybridized carbons (Fsp3) is 0.429. The van der Waals surface area contributed by atoms with Gasteiger partial charge in [0, 0.05) is 44.7 Å². The van der Waals surface area contributed by atoms with Crippen LogP contribution in [-0.4, -0.2) is 32.7 Å². The number of imidazole rings is 1. The molecule has 3 heterocycles. The van der Waals surface area contributed by atoms with Crippen LogP contribution in [0.5, 0.6) is 0 Å². The SMILES string of the molecule is Cn1ccnc1[C@@H]1OCC[C@H]1CNc1nccc(C#N)n1. The quantitative estimate of drug-likeness (QED) is 0.909. The smallest absolute Gasteiger partial charge is 0.223 e. The molecular weight excluding hydrogens is 268 g/mol. The van der Waals surface area contributed by atoms with Crippen LogP contribution in [0.15, 0.2) is 24.7 Å². The van der Waals surface area contributed by atoms with Gasteiger partial charge < -0.3 is 14.6 Å². The maximum Gasteiger partial charge on any atom is 0.223 e. The molecule has 1 N–H and O–H groups in total. The highest BCUT2D eigenvalue weighted by atomic mass is 16.5. The van der Waals surface area contributed by atoms with E-state index in [1.54, 1.807) is 18.5 Å². The zero-order valence-electron chi connectivity index (χ0n) is 11.7. The van der Waals surface area contributed by atoms with Crippen LogP contribution >= 0.6 is 0 Å². The third kappa shape index (κ3) is 2.85. The van der Waals surface area contributed by atoms with Crippen molar-refractivity contribution >= 4 is 5.95 Å². The van der Waals surface area contributed by atoms with Gasteiger partial charge in [-0.2, -0.15) is 5.26 Å². The van der Waals surface area contributed by atoms with Gasteiger partial charge in [-0.05, 0) is 12.5 Å².